The van der Waals surface area contributed by atoms with Gasteiger partial charge in [0.15, 0.2) is 6.10 Å². The smallest absolute Gasteiger partial charge is 0.331 e. The van der Waals surface area contributed by atoms with Gasteiger partial charge in [-0.15, -0.1) is 0 Å². The van der Waals surface area contributed by atoms with E-state index < -0.39 is 18.0 Å². The van der Waals surface area contributed by atoms with E-state index in [2.05, 4.69) is 9.88 Å². The molecule has 2 aromatic heterocycles. The summed E-state index contributed by atoms with van der Waals surface area (Å²) in [6.07, 6.45) is 3.66. The van der Waals surface area contributed by atoms with E-state index in [4.69, 9.17) is 9.15 Å². The monoisotopic (exact) mass is 424 g/mol. The van der Waals surface area contributed by atoms with Gasteiger partial charge in [0.25, 0.3) is 5.91 Å². The fourth-order valence-electron chi connectivity index (χ4n) is 3.16. The van der Waals surface area contributed by atoms with E-state index in [9.17, 15) is 14.0 Å². The number of aromatic nitrogens is 1. The number of carbonyl (C=O) groups is 2. The largest absolute Gasteiger partial charge is 0.467 e. The number of nitrogens with one attached hydrogen (secondary N) is 1. The summed E-state index contributed by atoms with van der Waals surface area (Å²) in [7, 11) is 0. The zero-order valence-electron chi connectivity index (χ0n) is 17.7. The number of ether oxygens (including phenoxy) is 1. The lowest BCUT2D eigenvalue weighted by atomic mass is 10.2. The summed E-state index contributed by atoms with van der Waals surface area (Å²) < 4.78 is 25.6. The molecule has 0 radical (unpaired) electrons. The third-order valence-electron chi connectivity index (χ3n) is 4.95. The van der Waals surface area contributed by atoms with Gasteiger partial charge in [0.05, 0.1) is 12.8 Å². The van der Waals surface area contributed by atoms with Crippen molar-refractivity contribution in [3.8, 4) is 0 Å². The van der Waals surface area contributed by atoms with Crippen LogP contribution in [0.4, 0.5) is 4.39 Å². The summed E-state index contributed by atoms with van der Waals surface area (Å²) in [4.78, 5) is 24.3. The summed E-state index contributed by atoms with van der Waals surface area (Å²) in [5.41, 5.74) is 3.66. The molecule has 0 aliphatic rings. The minimum absolute atomic E-state index is 0.221. The number of hydrogen-bond donors (Lipinski definition) is 1. The van der Waals surface area contributed by atoms with Gasteiger partial charge in [0.1, 0.15) is 11.6 Å². The first-order chi connectivity index (χ1) is 14.8. The van der Waals surface area contributed by atoms with Gasteiger partial charge in [-0.3, -0.25) is 4.79 Å². The maximum Gasteiger partial charge on any atom is 0.331 e. The van der Waals surface area contributed by atoms with Crippen LogP contribution in [0, 0.1) is 19.7 Å². The number of hydrogen-bond acceptors (Lipinski definition) is 4. The summed E-state index contributed by atoms with van der Waals surface area (Å²) in [6, 6.07) is 11.5. The average molecular weight is 424 g/mol. The molecule has 0 bridgehead atoms. The first-order valence-electron chi connectivity index (χ1n) is 9.93. The Bertz CT molecular complexity index is 1070. The first-order valence-corrected chi connectivity index (χ1v) is 9.93. The lowest BCUT2D eigenvalue weighted by Gasteiger charge is -2.12. The van der Waals surface area contributed by atoms with Crippen LogP contribution in [0.3, 0.4) is 0 Å². The van der Waals surface area contributed by atoms with Crippen molar-refractivity contribution in [3.63, 3.8) is 0 Å². The van der Waals surface area contributed by atoms with Crippen LogP contribution in [-0.4, -0.2) is 22.5 Å². The normalized spacial score (nSPS) is 12.1. The number of carbonyl (C=O) groups excluding carboxylic acids is 2. The molecule has 31 heavy (non-hydrogen) atoms. The van der Waals surface area contributed by atoms with Gasteiger partial charge >= 0.3 is 5.97 Å². The van der Waals surface area contributed by atoms with Gasteiger partial charge in [-0.05, 0) is 68.3 Å². The number of aryl methyl sites for hydroxylation is 1. The molecule has 1 atom stereocenters. The van der Waals surface area contributed by atoms with Crippen molar-refractivity contribution < 1.29 is 23.1 Å². The maximum atomic E-state index is 12.9. The zero-order valence-corrected chi connectivity index (χ0v) is 17.7. The van der Waals surface area contributed by atoms with Crippen molar-refractivity contribution in [2.75, 3.05) is 0 Å². The molecular weight excluding hydrogens is 399 g/mol. The van der Waals surface area contributed by atoms with E-state index in [0.29, 0.717) is 6.54 Å². The minimum Gasteiger partial charge on any atom is -0.467 e. The molecule has 0 fully saturated rings. The second-order valence-electron chi connectivity index (χ2n) is 7.25. The molecule has 0 saturated heterocycles. The number of halogens is 1. The Balaban J connectivity index is 1.53. The fraction of sp³-hybridized carbons (Fsp3) is 0.250. The molecule has 1 N–H and O–H groups in total. The van der Waals surface area contributed by atoms with Crippen LogP contribution >= 0.6 is 0 Å². The molecule has 0 unspecified atom stereocenters. The van der Waals surface area contributed by atoms with Crippen molar-refractivity contribution in [2.24, 2.45) is 0 Å². The van der Waals surface area contributed by atoms with Crippen molar-refractivity contribution in [1.29, 1.82) is 0 Å². The second-order valence-corrected chi connectivity index (χ2v) is 7.25. The number of esters is 1. The molecule has 2 heterocycles. The molecule has 3 aromatic rings. The minimum atomic E-state index is -0.955. The van der Waals surface area contributed by atoms with Crippen LogP contribution < -0.4 is 5.32 Å². The number of nitrogens with zero attached hydrogens (tertiary/aromatic N) is 1. The van der Waals surface area contributed by atoms with Crippen LogP contribution in [0.25, 0.3) is 6.08 Å². The van der Waals surface area contributed by atoms with Crippen molar-refractivity contribution in [3.05, 3.63) is 88.9 Å². The lowest BCUT2D eigenvalue weighted by Crippen LogP contribution is -2.35. The molecule has 0 spiro atoms. The Hall–Kier alpha value is -3.61. The molecule has 162 valence electrons. The van der Waals surface area contributed by atoms with Crippen LogP contribution in [0.5, 0.6) is 0 Å². The molecule has 0 aliphatic heterocycles. The van der Waals surface area contributed by atoms with Gasteiger partial charge in [-0.2, -0.15) is 0 Å². The molecule has 0 aliphatic carbocycles. The van der Waals surface area contributed by atoms with Crippen LogP contribution in [0.2, 0.25) is 0 Å². The van der Waals surface area contributed by atoms with E-state index in [-0.39, 0.29) is 12.4 Å². The lowest BCUT2D eigenvalue weighted by molar-refractivity contribution is -0.150. The van der Waals surface area contributed by atoms with Gasteiger partial charge < -0.3 is 19.0 Å². The van der Waals surface area contributed by atoms with E-state index in [1.54, 1.807) is 24.5 Å². The standard InChI is InChI=1S/C24H25FN2O4/c1-16-13-20(17(2)27(16)15-22-5-4-12-30-22)8-11-23(28)31-18(3)24(29)26-14-19-6-9-21(25)10-7-19/h4-13,18H,14-15H2,1-3H3,(H,26,29)/b11-8+/t18-/m1/s1. The first kappa shape index (κ1) is 22.1. The number of rotatable bonds is 8. The highest BCUT2D eigenvalue weighted by Gasteiger charge is 2.16. The Labute approximate surface area is 180 Å². The van der Waals surface area contributed by atoms with E-state index in [1.165, 1.54) is 25.1 Å². The van der Waals surface area contributed by atoms with Crippen molar-refractivity contribution >= 4 is 18.0 Å². The third kappa shape index (κ3) is 5.94. The predicted molar refractivity (Wildman–Crippen MR) is 115 cm³/mol. The molecule has 1 aromatic carbocycles. The van der Waals surface area contributed by atoms with Crippen molar-refractivity contribution in [1.82, 2.24) is 9.88 Å². The van der Waals surface area contributed by atoms with Crippen LogP contribution in [0.1, 0.15) is 35.2 Å². The Kier molecular flexibility index (Phi) is 7.07. The molecular formula is C24H25FN2O4. The number of benzene rings is 1. The average Bonchev–Trinajstić information content (AvgIpc) is 3.35. The number of furan rings is 1. The van der Waals surface area contributed by atoms with E-state index >= 15 is 0 Å². The van der Waals surface area contributed by atoms with Gasteiger partial charge in [-0.1, -0.05) is 12.1 Å². The summed E-state index contributed by atoms with van der Waals surface area (Å²) >= 11 is 0. The van der Waals surface area contributed by atoms with Crippen LogP contribution in [0.15, 0.2) is 59.2 Å². The Morgan fingerprint density at radius 3 is 2.65 bits per heavy atom. The molecule has 7 heteroatoms. The molecule has 3 rings (SSSR count). The highest BCUT2D eigenvalue weighted by Crippen LogP contribution is 2.19. The Morgan fingerprint density at radius 2 is 1.97 bits per heavy atom. The zero-order chi connectivity index (χ0) is 22.4. The highest BCUT2D eigenvalue weighted by atomic mass is 19.1. The maximum absolute atomic E-state index is 12.9. The quantitative estimate of drug-likeness (QED) is 0.436. The second kappa shape index (κ2) is 9.93. The molecule has 6 nitrogen and oxygen atoms in total. The van der Waals surface area contributed by atoms with Gasteiger partial charge in [0.2, 0.25) is 0 Å². The molecule has 1 amide bonds. The fourth-order valence-corrected chi connectivity index (χ4v) is 3.16. The predicted octanol–water partition coefficient (Wildman–Crippen LogP) is 4.15. The molecule has 0 saturated carbocycles. The highest BCUT2D eigenvalue weighted by molar-refractivity contribution is 5.90. The SMILES string of the molecule is Cc1cc(/C=C/C(=O)O[C@H](C)C(=O)NCc2ccc(F)cc2)c(C)n1Cc1ccco1. The Morgan fingerprint density at radius 1 is 1.23 bits per heavy atom. The van der Waals surface area contributed by atoms with E-state index in [1.807, 2.05) is 32.0 Å². The van der Waals surface area contributed by atoms with Gasteiger partial charge in [-0.25, -0.2) is 9.18 Å². The topological polar surface area (TPSA) is 73.5 Å². The summed E-state index contributed by atoms with van der Waals surface area (Å²) in [5, 5.41) is 2.66. The third-order valence-corrected chi connectivity index (χ3v) is 4.95. The summed E-state index contributed by atoms with van der Waals surface area (Å²) in [6.45, 7) is 6.28. The number of amides is 1. The van der Waals surface area contributed by atoms with Gasteiger partial charge in [0, 0.05) is 24.0 Å². The van der Waals surface area contributed by atoms with E-state index in [0.717, 1.165) is 28.3 Å². The summed E-state index contributed by atoms with van der Waals surface area (Å²) in [5.74, 6) is -0.536. The van der Waals surface area contributed by atoms with Crippen molar-refractivity contribution in [2.45, 2.75) is 40.0 Å². The van der Waals surface area contributed by atoms with Crippen LogP contribution in [-0.2, 0) is 27.4 Å².